The molecule has 2 rings (SSSR count). The van der Waals surface area contributed by atoms with E-state index in [2.05, 4.69) is 4.74 Å². The van der Waals surface area contributed by atoms with Gasteiger partial charge in [0.05, 0.1) is 12.6 Å². The highest BCUT2D eigenvalue weighted by atomic mass is 19.2. The second-order valence-corrected chi connectivity index (χ2v) is 3.91. The second-order valence-electron chi connectivity index (χ2n) is 3.91. The van der Waals surface area contributed by atoms with Crippen molar-refractivity contribution in [1.29, 1.82) is 0 Å². The Kier molecular flexibility index (Phi) is 3.33. The Hall–Kier alpha value is -2.24. The van der Waals surface area contributed by atoms with Crippen molar-refractivity contribution in [2.24, 2.45) is 0 Å². The van der Waals surface area contributed by atoms with Crippen molar-refractivity contribution in [3.05, 3.63) is 45.8 Å². The van der Waals surface area contributed by atoms with Crippen LogP contribution in [0.25, 0.3) is 10.9 Å². The van der Waals surface area contributed by atoms with Gasteiger partial charge in [-0.3, -0.25) is 4.79 Å². The van der Waals surface area contributed by atoms with Crippen LogP contribution in [0.4, 0.5) is 8.78 Å². The lowest BCUT2D eigenvalue weighted by atomic mass is 10.1. The normalized spacial score (nSPS) is 10.7. The smallest absolute Gasteiger partial charge is 0.354 e. The molecule has 1 aromatic carbocycles. The molecule has 0 amide bonds. The number of fused-ring (bicyclic) bond motifs is 1. The van der Waals surface area contributed by atoms with Gasteiger partial charge in [-0.2, -0.15) is 0 Å². The number of nitrogens with zero attached hydrogens (tertiary/aromatic N) is 1. The monoisotopic (exact) mass is 267 g/mol. The quantitative estimate of drug-likeness (QED) is 0.783. The van der Waals surface area contributed by atoms with Gasteiger partial charge in [0.1, 0.15) is 5.69 Å². The first-order valence-electron chi connectivity index (χ1n) is 5.60. The van der Waals surface area contributed by atoms with Gasteiger partial charge in [-0.15, -0.1) is 0 Å². The summed E-state index contributed by atoms with van der Waals surface area (Å²) in [4.78, 5) is 23.4. The van der Waals surface area contributed by atoms with Crippen molar-refractivity contribution in [3.63, 3.8) is 0 Å². The summed E-state index contributed by atoms with van der Waals surface area (Å²) >= 11 is 0. The number of ether oxygens (including phenoxy) is 1. The summed E-state index contributed by atoms with van der Waals surface area (Å²) in [5, 5.41) is 0.0217. The highest BCUT2D eigenvalue weighted by molar-refractivity contribution is 5.91. The zero-order valence-electron chi connectivity index (χ0n) is 10.4. The number of halogens is 2. The fraction of sp³-hybridized carbons (Fsp3) is 0.231. The predicted octanol–water partition coefficient (Wildman–Crippen LogP) is 2.09. The molecule has 0 fully saturated rings. The highest BCUT2D eigenvalue weighted by Gasteiger charge is 2.16. The van der Waals surface area contributed by atoms with Crippen LogP contribution in [0.3, 0.4) is 0 Å². The second kappa shape index (κ2) is 4.79. The van der Waals surface area contributed by atoms with Gasteiger partial charge in [0, 0.05) is 24.1 Å². The largest absolute Gasteiger partial charge is 0.464 e. The summed E-state index contributed by atoms with van der Waals surface area (Å²) in [5.74, 6) is -2.88. The minimum absolute atomic E-state index is 0.00788. The molecule has 0 aliphatic rings. The number of benzene rings is 1. The van der Waals surface area contributed by atoms with Gasteiger partial charge in [-0.1, -0.05) is 0 Å². The van der Waals surface area contributed by atoms with Gasteiger partial charge in [0.2, 0.25) is 0 Å². The van der Waals surface area contributed by atoms with Crippen LogP contribution in [0.15, 0.2) is 23.0 Å². The molecule has 0 spiro atoms. The maximum Gasteiger partial charge on any atom is 0.354 e. The molecule has 4 nitrogen and oxygen atoms in total. The molecule has 100 valence electrons. The van der Waals surface area contributed by atoms with Crippen LogP contribution in [0, 0.1) is 11.6 Å². The van der Waals surface area contributed by atoms with E-state index in [1.807, 2.05) is 0 Å². The molecule has 0 bridgehead atoms. The zero-order valence-corrected chi connectivity index (χ0v) is 10.4. The average Bonchev–Trinajstić information content (AvgIpc) is 2.40. The summed E-state index contributed by atoms with van der Waals surface area (Å²) in [6.45, 7) is 2.03. The third-order valence-corrected chi connectivity index (χ3v) is 2.86. The highest BCUT2D eigenvalue weighted by Crippen LogP contribution is 2.18. The van der Waals surface area contributed by atoms with Crippen LogP contribution in [0.5, 0.6) is 0 Å². The molecule has 1 aromatic heterocycles. The molecule has 0 unspecified atom stereocenters. The number of aromatic nitrogens is 1. The molecule has 2 aromatic rings. The molecule has 0 saturated carbocycles. The Bertz CT molecular complexity index is 722. The zero-order chi connectivity index (χ0) is 14.2. The number of pyridine rings is 1. The average molecular weight is 267 g/mol. The van der Waals surface area contributed by atoms with Crippen LogP contribution in [0.1, 0.15) is 17.4 Å². The predicted molar refractivity (Wildman–Crippen MR) is 65.1 cm³/mol. The lowest BCUT2D eigenvalue weighted by molar-refractivity contribution is 0.0588. The van der Waals surface area contributed by atoms with Gasteiger partial charge >= 0.3 is 5.97 Å². The Labute approximate surface area is 107 Å². The first-order chi connectivity index (χ1) is 8.99. The van der Waals surface area contributed by atoms with E-state index in [0.717, 1.165) is 18.2 Å². The molecular weight excluding hydrogens is 256 g/mol. The molecule has 0 atom stereocenters. The minimum atomic E-state index is -1.10. The number of methoxy groups -OCH3 is 1. The van der Waals surface area contributed by atoms with Crippen molar-refractivity contribution in [2.75, 3.05) is 7.11 Å². The van der Waals surface area contributed by atoms with E-state index < -0.39 is 23.0 Å². The van der Waals surface area contributed by atoms with E-state index in [1.54, 1.807) is 6.92 Å². The molecule has 0 radical (unpaired) electrons. The fourth-order valence-corrected chi connectivity index (χ4v) is 1.98. The molecule has 0 saturated heterocycles. The fourth-order valence-electron chi connectivity index (χ4n) is 1.98. The van der Waals surface area contributed by atoms with Crippen LogP contribution in [-0.2, 0) is 11.3 Å². The molecule has 19 heavy (non-hydrogen) atoms. The maximum absolute atomic E-state index is 13.3. The van der Waals surface area contributed by atoms with Gasteiger partial charge in [-0.25, -0.2) is 13.6 Å². The Balaban J connectivity index is 2.93. The summed E-state index contributed by atoms with van der Waals surface area (Å²) in [5.41, 5.74) is -0.387. The van der Waals surface area contributed by atoms with Crippen LogP contribution in [-0.4, -0.2) is 17.6 Å². The Morgan fingerprint density at radius 1 is 1.26 bits per heavy atom. The van der Waals surface area contributed by atoms with Crippen LogP contribution < -0.4 is 5.43 Å². The van der Waals surface area contributed by atoms with Gasteiger partial charge in [-0.05, 0) is 13.0 Å². The summed E-state index contributed by atoms with van der Waals surface area (Å²) in [7, 11) is 1.18. The summed E-state index contributed by atoms with van der Waals surface area (Å²) in [6.07, 6.45) is 0. The molecule has 0 aliphatic carbocycles. The number of carbonyl (C=O) groups excluding carboxylic acids is 1. The SMILES string of the molecule is CCn1c(C(=O)OC)cc(=O)c2cc(F)c(F)cc21. The van der Waals surface area contributed by atoms with Crippen molar-refractivity contribution >= 4 is 16.9 Å². The molecule has 6 heteroatoms. The van der Waals surface area contributed by atoms with Crippen LogP contribution in [0.2, 0.25) is 0 Å². The number of hydrogen-bond acceptors (Lipinski definition) is 3. The van der Waals surface area contributed by atoms with Crippen molar-refractivity contribution in [3.8, 4) is 0 Å². The van der Waals surface area contributed by atoms with Gasteiger partial charge in [0.25, 0.3) is 0 Å². The Morgan fingerprint density at radius 2 is 1.89 bits per heavy atom. The van der Waals surface area contributed by atoms with E-state index in [0.29, 0.717) is 6.54 Å². The number of rotatable bonds is 2. The summed E-state index contributed by atoms with van der Waals surface area (Å²) in [6, 6.07) is 2.80. The number of aryl methyl sites for hydroxylation is 1. The van der Waals surface area contributed by atoms with Gasteiger partial charge < -0.3 is 9.30 Å². The third-order valence-electron chi connectivity index (χ3n) is 2.86. The van der Waals surface area contributed by atoms with Crippen LogP contribution >= 0.6 is 0 Å². The lowest BCUT2D eigenvalue weighted by Gasteiger charge is -2.13. The lowest BCUT2D eigenvalue weighted by Crippen LogP contribution is -2.19. The first kappa shape index (κ1) is 13.2. The molecule has 0 aliphatic heterocycles. The minimum Gasteiger partial charge on any atom is -0.464 e. The van der Waals surface area contributed by atoms with E-state index in [1.165, 1.54) is 11.7 Å². The topological polar surface area (TPSA) is 48.3 Å². The van der Waals surface area contributed by atoms with E-state index >= 15 is 0 Å². The van der Waals surface area contributed by atoms with Crippen molar-refractivity contribution in [1.82, 2.24) is 4.57 Å². The number of hydrogen-bond donors (Lipinski definition) is 0. The summed E-state index contributed by atoms with van der Waals surface area (Å²) < 4.78 is 32.5. The van der Waals surface area contributed by atoms with Crippen molar-refractivity contribution < 1.29 is 18.3 Å². The van der Waals surface area contributed by atoms with Gasteiger partial charge in [0.15, 0.2) is 17.1 Å². The first-order valence-corrected chi connectivity index (χ1v) is 5.60. The third kappa shape index (κ3) is 2.09. The van der Waals surface area contributed by atoms with Crippen molar-refractivity contribution in [2.45, 2.75) is 13.5 Å². The van der Waals surface area contributed by atoms with E-state index in [9.17, 15) is 18.4 Å². The molecular formula is C13H11F2NO3. The molecule has 1 heterocycles. The standard InChI is InChI=1S/C13H11F2NO3/c1-3-16-10-5-9(15)8(14)4-7(10)12(17)6-11(16)13(18)19-2/h4-6H,3H2,1-2H3. The Morgan fingerprint density at radius 3 is 2.47 bits per heavy atom. The van der Waals surface area contributed by atoms with E-state index in [4.69, 9.17) is 0 Å². The molecule has 0 N–H and O–H groups in total. The number of esters is 1. The van der Waals surface area contributed by atoms with E-state index in [-0.39, 0.29) is 16.6 Å². The maximum atomic E-state index is 13.3. The number of carbonyl (C=O) groups is 1.